The number of aromatic nitrogens is 1. The standard InChI is InChI=1S/C22H21N3O4S2/c26-20(11-16-12-31-22(24-16)19-2-1-9-30-19)25-7-5-14(6-8-25)21(27)23-15-3-4-17-18(10-15)29-13-28-17/h1-4,9-10,12,14H,5-8,11,13H2,(H,23,27). The van der Waals surface area contributed by atoms with Crippen molar-refractivity contribution >= 4 is 40.2 Å². The number of hydrogen-bond acceptors (Lipinski definition) is 7. The highest BCUT2D eigenvalue weighted by Gasteiger charge is 2.28. The number of amides is 2. The molecule has 160 valence electrons. The monoisotopic (exact) mass is 455 g/mol. The molecule has 2 aromatic heterocycles. The molecule has 1 aromatic carbocycles. The van der Waals surface area contributed by atoms with E-state index in [9.17, 15) is 9.59 Å². The number of nitrogens with one attached hydrogen (secondary N) is 1. The number of likely N-dealkylation sites (tertiary alicyclic amines) is 1. The molecule has 2 aliphatic rings. The minimum atomic E-state index is -0.112. The third-order valence-corrected chi connectivity index (χ3v) is 7.40. The van der Waals surface area contributed by atoms with Crippen molar-refractivity contribution in [1.82, 2.24) is 9.88 Å². The summed E-state index contributed by atoms with van der Waals surface area (Å²) in [5.74, 6) is 1.26. The van der Waals surface area contributed by atoms with Crippen LogP contribution in [0.4, 0.5) is 5.69 Å². The highest BCUT2D eigenvalue weighted by atomic mass is 32.1. The molecule has 1 saturated heterocycles. The fourth-order valence-electron chi connectivity index (χ4n) is 3.78. The van der Waals surface area contributed by atoms with Crippen LogP contribution in [-0.2, 0) is 16.0 Å². The van der Waals surface area contributed by atoms with Crippen LogP contribution in [0, 0.1) is 5.92 Å². The van der Waals surface area contributed by atoms with Gasteiger partial charge in [-0.05, 0) is 36.4 Å². The molecule has 4 heterocycles. The molecule has 5 rings (SSSR count). The first kappa shape index (κ1) is 20.0. The van der Waals surface area contributed by atoms with Crippen LogP contribution in [-0.4, -0.2) is 41.6 Å². The lowest BCUT2D eigenvalue weighted by Gasteiger charge is -2.31. The molecular weight excluding hydrogens is 434 g/mol. The summed E-state index contributed by atoms with van der Waals surface area (Å²) in [6.07, 6.45) is 1.61. The summed E-state index contributed by atoms with van der Waals surface area (Å²) >= 11 is 3.21. The van der Waals surface area contributed by atoms with Gasteiger partial charge in [-0.25, -0.2) is 4.98 Å². The number of hydrogen-bond donors (Lipinski definition) is 1. The van der Waals surface area contributed by atoms with E-state index in [2.05, 4.69) is 10.3 Å². The van der Waals surface area contributed by atoms with Crippen LogP contribution in [0.15, 0.2) is 41.1 Å². The van der Waals surface area contributed by atoms with Crippen molar-refractivity contribution in [2.24, 2.45) is 5.92 Å². The summed E-state index contributed by atoms with van der Waals surface area (Å²) in [5, 5.41) is 7.89. The van der Waals surface area contributed by atoms with Gasteiger partial charge in [0.25, 0.3) is 0 Å². The van der Waals surface area contributed by atoms with Gasteiger partial charge in [0.2, 0.25) is 18.6 Å². The van der Waals surface area contributed by atoms with Crippen LogP contribution < -0.4 is 14.8 Å². The molecule has 7 nitrogen and oxygen atoms in total. The molecule has 3 aromatic rings. The molecule has 0 unspecified atom stereocenters. The van der Waals surface area contributed by atoms with E-state index in [1.54, 1.807) is 34.8 Å². The van der Waals surface area contributed by atoms with E-state index in [-0.39, 0.29) is 24.5 Å². The molecule has 2 amide bonds. The van der Waals surface area contributed by atoms with E-state index in [1.807, 2.05) is 33.9 Å². The minimum absolute atomic E-state index is 0.0222. The summed E-state index contributed by atoms with van der Waals surface area (Å²) in [5.41, 5.74) is 1.50. The number of benzene rings is 1. The van der Waals surface area contributed by atoms with Gasteiger partial charge in [-0.1, -0.05) is 6.07 Å². The van der Waals surface area contributed by atoms with Crippen molar-refractivity contribution in [3.63, 3.8) is 0 Å². The Morgan fingerprint density at radius 1 is 1.13 bits per heavy atom. The first-order chi connectivity index (χ1) is 15.2. The Bertz CT molecular complexity index is 1090. The second kappa shape index (κ2) is 8.68. The highest BCUT2D eigenvalue weighted by Crippen LogP contribution is 2.34. The lowest BCUT2D eigenvalue weighted by atomic mass is 9.95. The number of piperidine rings is 1. The first-order valence-electron chi connectivity index (χ1n) is 10.1. The number of carbonyl (C=O) groups is 2. The Labute approximate surface area is 187 Å². The molecule has 0 bridgehead atoms. The largest absolute Gasteiger partial charge is 0.454 e. The third kappa shape index (κ3) is 4.42. The van der Waals surface area contributed by atoms with Crippen LogP contribution in [0.2, 0.25) is 0 Å². The fourth-order valence-corrected chi connectivity index (χ4v) is 5.41. The lowest BCUT2D eigenvalue weighted by Crippen LogP contribution is -2.42. The molecule has 0 atom stereocenters. The zero-order valence-corrected chi connectivity index (χ0v) is 18.3. The molecule has 0 saturated carbocycles. The number of carbonyl (C=O) groups excluding carboxylic acids is 2. The van der Waals surface area contributed by atoms with Crippen LogP contribution in [0.1, 0.15) is 18.5 Å². The van der Waals surface area contributed by atoms with Gasteiger partial charge < -0.3 is 19.7 Å². The average molecular weight is 456 g/mol. The van der Waals surface area contributed by atoms with Gasteiger partial charge in [-0.3, -0.25) is 9.59 Å². The van der Waals surface area contributed by atoms with Crippen LogP contribution in [0.5, 0.6) is 11.5 Å². The topological polar surface area (TPSA) is 80.8 Å². The van der Waals surface area contributed by atoms with Crippen LogP contribution in [0.25, 0.3) is 9.88 Å². The molecule has 1 fully saturated rings. The SMILES string of the molecule is O=C(Nc1ccc2c(c1)OCO2)C1CCN(C(=O)Cc2csc(-c3cccs3)n2)CC1. The highest BCUT2D eigenvalue weighted by molar-refractivity contribution is 7.20. The van der Waals surface area contributed by atoms with Gasteiger partial charge in [0.1, 0.15) is 5.01 Å². The smallest absolute Gasteiger partial charge is 0.231 e. The number of thiophene rings is 1. The molecule has 31 heavy (non-hydrogen) atoms. The van der Waals surface area contributed by atoms with E-state index in [4.69, 9.17) is 9.47 Å². The number of ether oxygens (including phenoxy) is 2. The Hall–Kier alpha value is -2.91. The Morgan fingerprint density at radius 2 is 1.97 bits per heavy atom. The molecule has 1 N–H and O–H groups in total. The number of nitrogens with zero attached hydrogens (tertiary/aromatic N) is 2. The number of fused-ring (bicyclic) bond motifs is 1. The van der Waals surface area contributed by atoms with E-state index in [1.165, 1.54) is 0 Å². The fraction of sp³-hybridized carbons (Fsp3) is 0.318. The summed E-state index contributed by atoms with van der Waals surface area (Å²) in [4.78, 5) is 32.9. The maximum atomic E-state index is 12.7. The maximum Gasteiger partial charge on any atom is 0.231 e. The first-order valence-corrected chi connectivity index (χ1v) is 11.9. The summed E-state index contributed by atoms with van der Waals surface area (Å²) in [7, 11) is 0. The van der Waals surface area contributed by atoms with Gasteiger partial charge >= 0.3 is 0 Å². The van der Waals surface area contributed by atoms with Crippen molar-refractivity contribution in [1.29, 1.82) is 0 Å². The van der Waals surface area contributed by atoms with Crippen LogP contribution >= 0.6 is 22.7 Å². The van der Waals surface area contributed by atoms with Crippen molar-refractivity contribution < 1.29 is 19.1 Å². The van der Waals surface area contributed by atoms with E-state index in [0.717, 1.165) is 15.6 Å². The zero-order chi connectivity index (χ0) is 21.2. The minimum Gasteiger partial charge on any atom is -0.454 e. The summed E-state index contributed by atoms with van der Waals surface area (Å²) < 4.78 is 10.7. The predicted octanol–water partition coefficient (Wildman–Crippen LogP) is 4.02. The van der Waals surface area contributed by atoms with Crippen LogP contribution in [0.3, 0.4) is 0 Å². The normalized spacial score (nSPS) is 15.8. The molecule has 2 aliphatic heterocycles. The summed E-state index contributed by atoms with van der Waals surface area (Å²) in [6.45, 7) is 1.37. The van der Waals surface area contributed by atoms with Gasteiger partial charge in [0, 0.05) is 36.1 Å². The molecule has 0 spiro atoms. The number of rotatable bonds is 5. The second-order valence-electron chi connectivity index (χ2n) is 7.51. The van der Waals surface area contributed by atoms with E-state index < -0.39 is 0 Å². The molecule has 0 radical (unpaired) electrons. The van der Waals surface area contributed by atoms with Crippen molar-refractivity contribution in [3.8, 4) is 21.4 Å². The molecule has 0 aliphatic carbocycles. The van der Waals surface area contributed by atoms with Gasteiger partial charge in [0.15, 0.2) is 11.5 Å². The molecule has 9 heteroatoms. The number of thiazole rings is 1. The van der Waals surface area contributed by atoms with Crippen molar-refractivity contribution in [2.45, 2.75) is 19.3 Å². The molecular formula is C22H21N3O4S2. The van der Waals surface area contributed by atoms with Crippen molar-refractivity contribution in [2.75, 3.05) is 25.2 Å². The van der Waals surface area contributed by atoms with E-state index >= 15 is 0 Å². The quantitative estimate of drug-likeness (QED) is 0.629. The summed E-state index contributed by atoms with van der Waals surface area (Å²) in [6, 6.07) is 9.41. The van der Waals surface area contributed by atoms with Crippen molar-refractivity contribution in [3.05, 3.63) is 46.8 Å². The van der Waals surface area contributed by atoms with Gasteiger partial charge in [-0.15, -0.1) is 22.7 Å². The Kier molecular flexibility index (Phi) is 5.61. The lowest BCUT2D eigenvalue weighted by molar-refractivity contribution is -0.133. The third-order valence-electron chi connectivity index (χ3n) is 5.47. The Balaban J connectivity index is 1.12. The average Bonchev–Trinajstić information content (AvgIpc) is 3.55. The Morgan fingerprint density at radius 3 is 2.77 bits per heavy atom. The van der Waals surface area contributed by atoms with E-state index in [0.29, 0.717) is 49.5 Å². The number of anilines is 1. The maximum absolute atomic E-state index is 12.7. The van der Waals surface area contributed by atoms with Gasteiger partial charge in [0.05, 0.1) is 17.0 Å². The zero-order valence-electron chi connectivity index (χ0n) is 16.7. The van der Waals surface area contributed by atoms with Gasteiger partial charge in [-0.2, -0.15) is 0 Å². The second-order valence-corrected chi connectivity index (χ2v) is 9.32. The predicted molar refractivity (Wildman–Crippen MR) is 120 cm³/mol.